The summed E-state index contributed by atoms with van der Waals surface area (Å²) in [5.74, 6) is 0.167. The summed E-state index contributed by atoms with van der Waals surface area (Å²) in [6.45, 7) is 3.08. The molecule has 0 aliphatic carbocycles. The maximum atomic E-state index is 13.8. The molecule has 2 amide bonds. The van der Waals surface area contributed by atoms with E-state index in [0.29, 0.717) is 22.6 Å². The van der Waals surface area contributed by atoms with Crippen molar-refractivity contribution in [1.29, 1.82) is 0 Å². The normalized spacial score (nSPS) is 12.1. The standard InChI is InChI=1S/C45H41N5O7/c1-49-37-14-10-29(21-32(37)25-46-49)26-50(27-30-11-15-39-31(20-30)17-19-56-39)18-16-28-8-12-33(13-9-28)47-44(52)35-22-41(54-2)42(55-3)23-36(35)48-45(53)43-24-38(51)34-6-4-5-7-40(34)57-43/h4-15,20-25H,16-19,26-27H2,1-3H3,(H,47,52)(H,48,53). The van der Waals surface area contributed by atoms with Gasteiger partial charge in [-0.05, 0) is 77.2 Å². The van der Waals surface area contributed by atoms with Crippen LogP contribution in [0.1, 0.15) is 43.2 Å². The summed E-state index contributed by atoms with van der Waals surface area (Å²) in [5.41, 5.74) is 6.65. The maximum Gasteiger partial charge on any atom is 0.291 e. The third-order valence-corrected chi connectivity index (χ3v) is 10.2. The lowest BCUT2D eigenvalue weighted by molar-refractivity contribution is 0.0997. The molecule has 12 heteroatoms. The van der Waals surface area contributed by atoms with Crippen LogP contribution < -0.4 is 30.3 Å². The lowest BCUT2D eigenvalue weighted by atomic mass is 10.1. The highest BCUT2D eigenvalue weighted by Crippen LogP contribution is 2.34. The number of aromatic nitrogens is 2. The minimum atomic E-state index is -0.708. The van der Waals surface area contributed by atoms with Crippen LogP contribution in [-0.4, -0.2) is 53.9 Å². The molecule has 3 heterocycles. The molecule has 7 aromatic rings. The van der Waals surface area contributed by atoms with E-state index < -0.39 is 11.8 Å². The number of aryl methyl sites for hydroxylation is 1. The van der Waals surface area contributed by atoms with Gasteiger partial charge in [-0.15, -0.1) is 0 Å². The third kappa shape index (κ3) is 8.07. The van der Waals surface area contributed by atoms with Gasteiger partial charge in [-0.25, -0.2) is 0 Å². The summed E-state index contributed by atoms with van der Waals surface area (Å²) >= 11 is 0. The second kappa shape index (κ2) is 16.0. The number of para-hydroxylation sites is 1. The van der Waals surface area contributed by atoms with E-state index in [4.69, 9.17) is 18.6 Å². The highest BCUT2D eigenvalue weighted by Gasteiger charge is 2.22. The van der Waals surface area contributed by atoms with Gasteiger partial charge in [0.05, 0.1) is 49.2 Å². The lowest BCUT2D eigenvalue weighted by Gasteiger charge is -2.23. The first-order valence-electron chi connectivity index (χ1n) is 18.6. The number of hydrogen-bond acceptors (Lipinski definition) is 9. The molecule has 1 aliphatic heterocycles. The number of hydrogen-bond donors (Lipinski definition) is 2. The average Bonchev–Trinajstić information content (AvgIpc) is 3.85. The second-order valence-electron chi connectivity index (χ2n) is 14.0. The van der Waals surface area contributed by atoms with Crippen LogP contribution in [-0.2, 0) is 33.0 Å². The molecule has 0 fully saturated rings. The van der Waals surface area contributed by atoms with Crippen LogP contribution in [0.15, 0.2) is 119 Å². The summed E-state index contributed by atoms with van der Waals surface area (Å²) in [6.07, 6.45) is 3.61. The summed E-state index contributed by atoms with van der Waals surface area (Å²) in [5, 5.41) is 11.5. The van der Waals surface area contributed by atoms with Crippen LogP contribution in [0.4, 0.5) is 11.4 Å². The Morgan fingerprint density at radius 2 is 1.56 bits per heavy atom. The first-order valence-corrected chi connectivity index (χ1v) is 18.6. The smallest absolute Gasteiger partial charge is 0.291 e. The number of rotatable bonds is 13. The quantitative estimate of drug-likeness (QED) is 0.123. The van der Waals surface area contributed by atoms with Crippen molar-refractivity contribution in [3.63, 3.8) is 0 Å². The first-order chi connectivity index (χ1) is 27.7. The Morgan fingerprint density at radius 1 is 0.825 bits per heavy atom. The fraction of sp³-hybridized carbons (Fsp3) is 0.200. The summed E-state index contributed by atoms with van der Waals surface area (Å²) < 4.78 is 24.3. The fourth-order valence-corrected chi connectivity index (χ4v) is 7.19. The predicted molar refractivity (Wildman–Crippen MR) is 219 cm³/mol. The molecule has 0 spiro atoms. The molecule has 2 N–H and O–H groups in total. The Hall–Kier alpha value is -6.92. The summed E-state index contributed by atoms with van der Waals surface area (Å²) in [4.78, 5) is 42.3. The van der Waals surface area contributed by atoms with Crippen LogP contribution >= 0.6 is 0 Å². The predicted octanol–water partition coefficient (Wildman–Crippen LogP) is 7.38. The molecule has 5 aromatic carbocycles. The zero-order chi connectivity index (χ0) is 39.5. The van der Waals surface area contributed by atoms with Gasteiger partial charge in [-0.2, -0.15) is 5.10 Å². The van der Waals surface area contributed by atoms with Gasteiger partial charge in [0.2, 0.25) is 0 Å². The average molecular weight is 764 g/mol. The molecule has 288 valence electrons. The van der Waals surface area contributed by atoms with Crippen LogP contribution in [0.25, 0.3) is 21.9 Å². The van der Waals surface area contributed by atoms with Gasteiger partial charge in [0.25, 0.3) is 11.8 Å². The van der Waals surface area contributed by atoms with Crippen molar-refractivity contribution < 1.29 is 28.2 Å². The SMILES string of the molecule is COc1cc(NC(=O)c2cc(=O)c3ccccc3o2)c(C(=O)Nc2ccc(CCN(Cc3ccc4c(c3)CCO4)Cc3ccc4c(cnn4C)c3)cc2)cc1OC. The Kier molecular flexibility index (Phi) is 10.4. The van der Waals surface area contributed by atoms with Gasteiger partial charge >= 0.3 is 0 Å². The molecule has 0 bridgehead atoms. The number of benzene rings is 5. The number of nitrogens with zero attached hydrogens (tertiary/aromatic N) is 3. The molecular formula is C45H41N5O7. The lowest BCUT2D eigenvalue weighted by Crippen LogP contribution is -2.25. The van der Waals surface area contributed by atoms with E-state index in [0.717, 1.165) is 67.4 Å². The zero-order valence-corrected chi connectivity index (χ0v) is 31.8. The van der Waals surface area contributed by atoms with Crippen LogP contribution in [0.3, 0.4) is 0 Å². The van der Waals surface area contributed by atoms with Crippen molar-refractivity contribution in [3.05, 3.63) is 153 Å². The Morgan fingerprint density at radius 3 is 2.37 bits per heavy atom. The van der Waals surface area contributed by atoms with E-state index in [1.165, 1.54) is 43.0 Å². The topological polar surface area (TPSA) is 137 Å². The number of methoxy groups -OCH3 is 2. The van der Waals surface area contributed by atoms with Crippen molar-refractivity contribution in [2.45, 2.75) is 25.9 Å². The number of anilines is 2. The second-order valence-corrected chi connectivity index (χ2v) is 14.0. The van der Waals surface area contributed by atoms with E-state index in [2.05, 4.69) is 57.0 Å². The Balaban J connectivity index is 0.976. The molecule has 12 nitrogen and oxygen atoms in total. The molecule has 2 aromatic heterocycles. The van der Waals surface area contributed by atoms with Gasteiger partial charge in [-0.3, -0.25) is 24.0 Å². The van der Waals surface area contributed by atoms with E-state index in [1.807, 2.05) is 42.2 Å². The number of ether oxygens (including phenoxy) is 3. The van der Waals surface area contributed by atoms with E-state index >= 15 is 0 Å². The monoisotopic (exact) mass is 763 g/mol. The van der Waals surface area contributed by atoms with E-state index in [-0.39, 0.29) is 28.0 Å². The Bertz CT molecular complexity index is 2680. The van der Waals surface area contributed by atoms with Gasteiger partial charge < -0.3 is 29.3 Å². The highest BCUT2D eigenvalue weighted by atomic mass is 16.5. The van der Waals surface area contributed by atoms with Crippen LogP contribution in [0.2, 0.25) is 0 Å². The van der Waals surface area contributed by atoms with Crippen LogP contribution in [0.5, 0.6) is 17.2 Å². The van der Waals surface area contributed by atoms with E-state index in [9.17, 15) is 14.4 Å². The Labute approximate surface area is 328 Å². The summed E-state index contributed by atoms with van der Waals surface area (Å²) in [7, 11) is 4.86. The van der Waals surface area contributed by atoms with E-state index in [1.54, 1.807) is 24.3 Å². The number of nitrogens with one attached hydrogen (secondary N) is 2. The first kappa shape index (κ1) is 37.0. The molecule has 0 saturated heterocycles. The molecular weight excluding hydrogens is 723 g/mol. The molecule has 57 heavy (non-hydrogen) atoms. The zero-order valence-electron chi connectivity index (χ0n) is 31.8. The molecule has 8 rings (SSSR count). The van der Waals surface area contributed by atoms with Crippen molar-refractivity contribution in [2.75, 3.05) is 38.0 Å². The maximum absolute atomic E-state index is 13.8. The van der Waals surface area contributed by atoms with Gasteiger partial charge in [0, 0.05) is 56.3 Å². The summed E-state index contributed by atoms with van der Waals surface area (Å²) in [6, 6.07) is 31.5. The molecule has 0 radical (unpaired) electrons. The molecule has 0 saturated carbocycles. The minimum absolute atomic E-state index is 0.117. The van der Waals surface area contributed by atoms with Crippen LogP contribution in [0, 0.1) is 0 Å². The highest BCUT2D eigenvalue weighted by molar-refractivity contribution is 6.12. The van der Waals surface area contributed by atoms with Crippen molar-refractivity contribution in [1.82, 2.24) is 14.7 Å². The van der Waals surface area contributed by atoms with Crippen molar-refractivity contribution >= 4 is 45.1 Å². The fourth-order valence-electron chi connectivity index (χ4n) is 7.19. The van der Waals surface area contributed by atoms with Crippen molar-refractivity contribution in [3.8, 4) is 17.2 Å². The largest absolute Gasteiger partial charge is 0.493 e. The number of fused-ring (bicyclic) bond motifs is 3. The molecule has 1 aliphatic rings. The number of carbonyl (C=O) groups is 2. The van der Waals surface area contributed by atoms with Gasteiger partial charge in [-0.1, -0.05) is 42.5 Å². The third-order valence-electron chi connectivity index (χ3n) is 10.2. The number of carbonyl (C=O) groups excluding carboxylic acids is 2. The van der Waals surface area contributed by atoms with Crippen molar-refractivity contribution in [2.24, 2.45) is 7.05 Å². The van der Waals surface area contributed by atoms with Gasteiger partial charge in [0.1, 0.15) is 11.3 Å². The molecule has 0 atom stereocenters. The number of amides is 2. The van der Waals surface area contributed by atoms with Gasteiger partial charge in [0.15, 0.2) is 22.7 Å². The minimum Gasteiger partial charge on any atom is -0.493 e. The molecule has 0 unspecified atom stereocenters.